The van der Waals surface area contributed by atoms with Gasteiger partial charge in [0.15, 0.2) is 0 Å². The van der Waals surface area contributed by atoms with E-state index in [-0.39, 0.29) is 30.8 Å². The zero-order valence-corrected chi connectivity index (χ0v) is 18.6. The summed E-state index contributed by atoms with van der Waals surface area (Å²) in [5.74, 6) is -0.355. The van der Waals surface area contributed by atoms with Crippen LogP contribution in [0.25, 0.3) is 0 Å². The van der Waals surface area contributed by atoms with Gasteiger partial charge in [-0.05, 0) is 47.0 Å². The number of aliphatic hydroxyl groups is 1. The third-order valence-corrected chi connectivity index (χ3v) is 8.01. The first-order chi connectivity index (χ1) is 12.3. The molecule has 0 saturated carbocycles. The highest BCUT2D eigenvalue weighted by Gasteiger charge is 2.58. The van der Waals surface area contributed by atoms with Crippen molar-refractivity contribution in [3.63, 3.8) is 0 Å². The quantitative estimate of drug-likeness (QED) is 0.154. The standard InChI is InChI=1S/C15H34N2O9P2/c1-13(2,16)9-11-26-14(3,4)8-6-12(18)17-10-5-7-15(19,27(20,21)22)28(23,24)25/h19H,5-11,16H2,1-4H3,(H,17,18)(H2,20,21,22)(H2,23,24,25). The van der Waals surface area contributed by atoms with Crippen LogP contribution in [0.2, 0.25) is 0 Å². The molecule has 0 bridgehead atoms. The van der Waals surface area contributed by atoms with E-state index in [0.29, 0.717) is 19.4 Å². The van der Waals surface area contributed by atoms with Crippen LogP contribution in [-0.4, -0.2) is 60.0 Å². The van der Waals surface area contributed by atoms with Crippen LogP contribution in [0.15, 0.2) is 0 Å². The first-order valence-electron chi connectivity index (χ1n) is 8.84. The van der Waals surface area contributed by atoms with Crippen LogP contribution in [0.4, 0.5) is 0 Å². The zero-order valence-electron chi connectivity index (χ0n) is 16.8. The molecule has 0 rings (SSSR count). The van der Waals surface area contributed by atoms with Crippen LogP contribution in [0.3, 0.4) is 0 Å². The summed E-state index contributed by atoms with van der Waals surface area (Å²) in [6, 6.07) is 0. The maximum atomic E-state index is 11.9. The molecule has 0 spiro atoms. The van der Waals surface area contributed by atoms with Gasteiger partial charge in [-0.1, -0.05) is 0 Å². The summed E-state index contributed by atoms with van der Waals surface area (Å²) in [6.45, 7) is 7.78. The molecule has 0 heterocycles. The van der Waals surface area contributed by atoms with Crippen molar-refractivity contribution in [3.05, 3.63) is 0 Å². The zero-order chi connectivity index (χ0) is 22.4. The predicted molar refractivity (Wildman–Crippen MR) is 103 cm³/mol. The second kappa shape index (κ2) is 10.1. The molecule has 0 fully saturated rings. The van der Waals surface area contributed by atoms with Gasteiger partial charge >= 0.3 is 15.2 Å². The lowest BCUT2D eigenvalue weighted by atomic mass is 10.0. The summed E-state index contributed by atoms with van der Waals surface area (Å²) >= 11 is 0. The normalized spacial score (nSPS) is 14.2. The molecular formula is C15H34N2O9P2. The first kappa shape index (κ1) is 27.6. The van der Waals surface area contributed by atoms with E-state index >= 15 is 0 Å². The Morgan fingerprint density at radius 2 is 1.50 bits per heavy atom. The van der Waals surface area contributed by atoms with Crippen molar-refractivity contribution >= 4 is 21.1 Å². The van der Waals surface area contributed by atoms with E-state index in [9.17, 15) is 19.0 Å². The third-order valence-electron chi connectivity index (χ3n) is 4.14. The van der Waals surface area contributed by atoms with Gasteiger partial charge in [-0.2, -0.15) is 0 Å². The number of nitrogens with two attached hydrogens (primary N) is 1. The smallest absolute Gasteiger partial charge is 0.369 e. The Balaban J connectivity index is 4.36. The molecule has 0 saturated heterocycles. The summed E-state index contributed by atoms with van der Waals surface area (Å²) in [7, 11) is -11.0. The Bertz CT molecular complexity index is 585. The summed E-state index contributed by atoms with van der Waals surface area (Å²) in [4.78, 5) is 48.0. The van der Waals surface area contributed by atoms with E-state index in [4.69, 9.17) is 30.0 Å². The van der Waals surface area contributed by atoms with E-state index in [1.165, 1.54) is 0 Å². The Morgan fingerprint density at radius 3 is 1.93 bits per heavy atom. The molecule has 0 aromatic rings. The number of rotatable bonds is 13. The summed E-state index contributed by atoms with van der Waals surface area (Å²) in [6.07, 6.45) is 0.0962. The Hall–Kier alpha value is -0.350. The largest absolute Gasteiger partial charge is 0.375 e. The Kier molecular flexibility index (Phi) is 9.98. The number of carbonyl (C=O) groups excluding carboxylic acids is 1. The van der Waals surface area contributed by atoms with Crippen molar-refractivity contribution < 1.29 is 43.3 Å². The van der Waals surface area contributed by atoms with Crippen molar-refractivity contribution in [2.24, 2.45) is 5.73 Å². The van der Waals surface area contributed by atoms with Crippen molar-refractivity contribution in [2.45, 2.75) is 76.0 Å². The summed E-state index contributed by atoms with van der Waals surface area (Å²) in [5.41, 5.74) is 4.98. The lowest BCUT2D eigenvalue weighted by molar-refractivity contribution is -0.123. The van der Waals surface area contributed by atoms with Crippen LogP contribution < -0.4 is 11.1 Å². The number of carbonyl (C=O) groups is 1. The highest BCUT2D eigenvalue weighted by molar-refractivity contribution is 7.72. The molecule has 8 N–H and O–H groups in total. The van der Waals surface area contributed by atoms with Crippen molar-refractivity contribution in [1.29, 1.82) is 0 Å². The molecule has 13 heteroatoms. The maximum Gasteiger partial charge on any atom is 0.369 e. The fourth-order valence-electron chi connectivity index (χ4n) is 2.18. The molecular weight excluding hydrogens is 414 g/mol. The maximum absolute atomic E-state index is 11.9. The van der Waals surface area contributed by atoms with Gasteiger partial charge < -0.3 is 40.5 Å². The van der Waals surface area contributed by atoms with Crippen molar-refractivity contribution in [2.75, 3.05) is 13.2 Å². The lowest BCUT2D eigenvalue weighted by Crippen LogP contribution is -2.36. The fourth-order valence-corrected chi connectivity index (χ4v) is 4.44. The molecule has 0 unspecified atom stereocenters. The van der Waals surface area contributed by atoms with E-state index in [1.54, 1.807) is 0 Å². The molecule has 0 radical (unpaired) electrons. The molecule has 1 amide bonds. The first-order valence-corrected chi connectivity index (χ1v) is 12.1. The highest BCUT2D eigenvalue weighted by Crippen LogP contribution is 2.69. The lowest BCUT2D eigenvalue weighted by Gasteiger charge is -2.29. The number of hydrogen-bond acceptors (Lipinski definition) is 6. The minimum Gasteiger partial charge on any atom is -0.375 e. The number of nitrogens with one attached hydrogen (secondary N) is 1. The Morgan fingerprint density at radius 1 is 1.00 bits per heavy atom. The second-order valence-corrected chi connectivity index (χ2v) is 12.2. The Labute approximate surface area is 165 Å². The van der Waals surface area contributed by atoms with Gasteiger partial charge in [-0.3, -0.25) is 13.9 Å². The average Bonchev–Trinajstić information content (AvgIpc) is 2.45. The van der Waals surface area contributed by atoms with Crippen LogP contribution in [0.5, 0.6) is 0 Å². The van der Waals surface area contributed by atoms with Gasteiger partial charge in [0.1, 0.15) is 0 Å². The van der Waals surface area contributed by atoms with Crippen molar-refractivity contribution in [3.8, 4) is 0 Å². The van der Waals surface area contributed by atoms with E-state index < -0.39 is 32.3 Å². The summed E-state index contributed by atoms with van der Waals surface area (Å²) < 4.78 is 28.2. The van der Waals surface area contributed by atoms with Gasteiger partial charge in [-0.25, -0.2) is 0 Å². The minimum absolute atomic E-state index is 0.107. The van der Waals surface area contributed by atoms with Gasteiger partial charge in [0, 0.05) is 31.5 Å². The van der Waals surface area contributed by atoms with E-state index in [1.807, 2.05) is 27.7 Å². The monoisotopic (exact) mass is 448 g/mol. The summed E-state index contributed by atoms with van der Waals surface area (Å²) in [5, 5.41) is 8.75. The van der Waals surface area contributed by atoms with Crippen molar-refractivity contribution in [1.82, 2.24) is 5.32 Å². The van der Waals surface area contributed by atoms with Crippen LogP contribution in [0, 0.1) is 0 Å². The molecule has 11 nitrogen and oxygen atoms in total. The number of hydrogen-bond donors (Lipinski definition) is 7. The van der Waals surface area contributed by atoms with E-state index in [2.05, 4.69) is 5.32 Å². The molecule has 0 aromatic heterocycles. The molecule has 0 aliphatic carbocycles. The highest BCUT2D eigenvalue weighted by atomic mass is 31.2. The molecule has 0 aromatic carbocycles. The molecule has 0 atom stereocenters. The molecule has 0 aliphatic rings. The minimum atomic E-state index is -5.48. The second-order valence-electron chi connectivity index (χ2n) is 8.16. The predicted octanol–water partition coefficient (Wildman–Crippen LogP) is 0.587. The number of amides is 1. The topological polar surface area (TPSA) is 200 Å². The molecule has 28 heavy (non-hydrogen) atoms. The molecule has 168 valence electrons. The van der Waals surface area contributed by atoms with E-state index in [0.717, 1.165) is 0 Å². The SMILES string of the molecule is CC(C)(N)CCOC(C)(C)CCC(=O)NCCCC(O)(P(=O)(O)O)P(=O)(O)O. The van der Waals surface area contributed by atoms with Gasteiger partial charge in [0.2, 0.25) is 5.91 Å². The van der Waals surface area contributed by atoms with Gasteiger partial charge in [0.05, 0.1) is 5.60 Å². The third kappa shape index (κ3) is 9.91. The van der Waals surface area contributed by atoms with Gasteiger partial charge in [0.25, 0.3) is 5.08 Å². The van der Waals surface area contributed by atoms with Crippen LogP contribution in [-0.2, 0) is 18.7 Å². The van der Waals surface area contributed by atoms with Crippen LogP contribution in [0.1, 0.15) is 59.8 Å². The molecule has 0 aliphatic heterocycles. The van der Waals surface area contributed by atoms with Crippen LogP contribution >= 0.6 is 15.2 Å². The van der Waals surface area contributed by atoms with Gasteiger partial charge in [-0.15, -0.1) is 0 Å². The number of ether oxygens (including phenoxy) is 1. The fraction of sp³-hybridized carbons (Fsp3) is 0.933. The average molecular weight is 448 g/mol.